The molecule has 0 aliphatic heterocycles. The highest BCUT2D eigenvalue weighted by atomic mass is 15.1. The van der Waals surface area contributed by atoms with Crippen LogP contribution in [0.1, 0.15) is 24.2 Å². The van der Waals surface area contributed by atoms with E-state index < -0.39 is 0 Å². The smallest absolute Gasteiger partial charge is 0.0948 e. The molecule has 1 atom stereocenters. The van der Waals surface area contributed by atoms with Crippen molar-refractivity contribution in [2.75, 3.05) is 0 Å². The van der Waals surface area contributed by atoms with Gasteiger partial charge in [0.15, 0.2) is 0 Å². The molecule has 0 spiro atoms. The molecule has 0 amide bonds. The van der Waals surface area contributed by atoms with Crippen molar-refractivity contribution in [2.24, 2.45) is 5.73 Å². The molecule has 84 valence electrons. The van der Waals surface area contributed by atoms with Crippen LogP contribution in [0.2, 0.25) is 0 Å². The van der Waals surface area contributed by atoms with Crippen molar-refractivity contribution in [3.8, 4) is 0 Å². The fourth-order valence-corrected chi connectivity index (χ4v) is 1.70. The number of aryl methyl sites for hydroxylation is 2. The minimum Gasteiger partial charge on any atom is -0.333 e. The van der Waals surface area contributed by atoms with E-state index in [1.807, 2.05) is 44.0 Å². The van der Waals surface area contributed by atoms with Gasteiger partial charge < -0.3 is 10.3 Å². The van der Waals surface area contributed by atoms with Gasteiger partial charge in [-0.1, -0.05) is 0 Å². The first-order chi connectivity index (χ1) is 7.77. The maximum Gasteiger partial charge on any atom is 0.0948 e. The zero-order chi connectivity index (χ0) is 11.4. The summed E-state index contributed by atoms with van der Waals surface area (Å²) in [5, 5.41) is 0. The minimum atomic E-state index is 0.0277. The second-order valence-corrected chi connectivity index (χ2v) is 3.91. The lowest BCUT2D eigenvalue weighted by Crippen LogP contribution is -2.12. The molecule has 2 heterocycles. The monoisotopic (exact) mass is 216 g/mol. The molecule has 0 unspecified atom stereocenters. The topological polar surface area (TPSA) is 56.7 Å². The molecule has 0 aliphatic carbocycles. The third-order valence-corrected chi connectivity index (χ3v) is 2.60. The Balaban J connectivity index is 2.02. The summed E-state index contributed by atoms with van der Waals surface area (Å²) in [5.74, 6) is 0. The van der Waals surface area contributed by atoms with Crippen LogP contribution in [0.25, 0.3) is 0 Å². The predicted molar refractivity (Wildman–Crippen MR) is 62.8 cm³/mol. The highest BCUT2D eigenvalue weighted by Crippen LogP contribution is 2.09. The molecule has 2 aromatic rings. The number of nitrogens with zero attached hydrogens (tertiary/aromatic N) is 3. The molecule has 16 heavy (non-hydrogen) atoms. The molecule has 0 aliphatic rings. The third-order valence-electron chi connectivity index (χ3n) is 2.60. The fourth-order valence-electron chi connectivity index (χ4n) is 1.70. The van der Waals surface area contributed by atoms with Crippen LogP contribution >= 0.6 is 0 Å². The van der Waals surface area contributed by atoms with Crippen LogP contribution < -0.4 is 5.73 Å². The van der Waals surface area contributed by atoms with E-state index in [0.717, 1.165) is 18.7 Å². The Hall–Kier alpha value is -1.68. The van der Waals surface area contributed by atoms with Gasteiger partial charge >= 0.3 is 0 Å². The summed E-state index contributed by atoms with van der Waals surface area (Å²) < 4.78 is 2.10. The average Bonchev–Trinajstić information content (AvgIpc) is 2.76. The van der Waals surface area contributed by atoms with Crippen molar-refractivity contribution in [3.05, 3.63) is 48.3 Å². The van der Waals surface area contributed by atoms with Gasteiger partial charge in [-0.15, -0.1) is 0 Å². The minimum absolute atomic E-state index is 0.0277. The van der Waals surface area contributed by atoms with E-state index in [0.29, 0.717) is 0 Å². The van der Waals surface area contributed by atoms with Crippen LogP contribution in [-0.4, -0.2) is 14.5 Å². The predicted octanol–water partition coefficient (Wildman–Crippen LogP) is 1.54. The standard InChI is InChI=1S/C12H16N4/c1-10(13)12-8-15-9-16(12)7-4-11-2-5-14-6-3-11/h2-3,5-6,8-10H,4,7,13H2,1H3/t10-/m0/s1. The number of imidazole rings is 1. The summed E-state index contributed by atoms with van der Waals surface area (Å²) in [6, 6.07) is 4.09. The molecule has 0 aromatic carbocycles. The van der Waals surface area contributed by atoms with Crippen molar-refractivity contribution in [1.82, 2.24) is 14.5 Å². The molecule has 0 fully saturated rings. The summed E-state index contributed by atoms with van der Waals surface area (Å²) in [6.45, 7) is 2.88. The van der Waals surface area contributed by atoms with E-state index in [-0.39, 0.29) is 6.04 Å². The molecule has 2 N–H and O–H groups in total. The summed E-state index contributed by atoms with van der Waals surface area (Å²) >= 11 is 0. The van der Waals surface area contributed by atoms with Gasteiger partial charge in [-0.25, -0.2) is 4.98 Å². The lowest BCUT2D eigenvalue weighted by atomic mass is 10.2. The van der Waals surface area contributed by atoms with E-state index in [4.69, 9.17) is 5.73 Å². The van der Waals surface area contributed by atoms with E-state index in [1.165, 1.54) is 5.56 Å². The summed E-state index contributed by atoms with van der Waals surface area (Å²) in [4.78, 5) is 8.12. The molecule has 0 bridgehead atoms. The zero-order valence-corrected chi connectivity index (χ0v) is 9.37. The van der Waals surface area contributed by atoms with Crippen molar-refractivity contribution in [1.29, 1.82) is 0 Å². The Morgan fingerprint density at radius 3 is 2.75 bits per heavy atom. The maximum absolute atomic E-state index is 5.86. The molecule has 2 rings (SSSR count). The van der Waals surface area contributed by atoms with Crippen molar-refractivity contribution >= 4 is 0 Å². The van der Waals surface area contributed by atoms with Gasteiger partial charge in [0.05, 0.1) is 12.0 Å². The Morgan fingerprint density at radius 1 is 1.31 bits per heavy atom. The quantitative estimate of drug-likeness (QED) is 0.843. The molecular weight excluding hydrogens is 200 g/mol. The lowest BCUT2D eigenvalue weighted by molar-refractivity contribution is 0.623. The normalized spacial score (nSPS) is 12.6. The van der Waals surface area contributed by atoms with Crippen molar-refractivity contribution in [2.45, 2.75) is 25.9 Å². The molecule has 2 aromatic heterocycles. The Kier molecular flexibility index (Phi) is 3.31. The molecule has 4 heteroatoms. The van der Waals surface area contributed by atoms with E-state index in [1.54, 1.807) is 0 Å². The molecule has 0 radical (unpaired) electrons. The first-order valence-electron chi connectivity index (χ1n) is 5.42. The molecule has 0 saturated heterocycles. The van der Waals surface area contributed by atoms with Gasteiger partial charge in [0.25, 0.3) is 0 Å². The largest absolute Gasteiger partial charge is 0.333 e. The van der Waals surface area contributed by atoms with Crippen molar-refractivity contribution < 1.29 is 0 Å². The van der Waals surface area contributed by atoms with Crippen LogP contribution in [0.15, 0.2) is 37.1 Å². The number of hydrogen-bond donors (Lipinski definition) is 1. The highest BCUT2D eigenvalue weighted by molar-refractivity contribution is 5.10. The maximum atomic E-state index is 5.86. The van der Waals surface area contributed by atoms with E-state index >= 15 is 0 Å². The van der Waals surface area contributed by atoms with Gasteiger partial charge in [-0.2, -0.15) is 0 Å². The van der Waals surface area contributed by atoms with Crippen molar-refractivity contribution in [3.63, 3.8) is 0 Å². The Bertz CT molecular complexity index is 433. The van der Waals surface area contributed by atoms with E-state index in [9.17, 15) is 0 Å². The first-order valence-corrected chi connectivity index (χ1v) is 5.42. The number of pyridine rings is 1. The lowest BCUT2D eigenvalue weighted by Gasteiger charge is -2.10. The fraction of sp³-hybridized carbons (Fsp3) is 0.333. The summed E-state index contributed by atoms with van der Waals surface area (Å²) in [5.41, 5.74) is 8.21. The number of rotatable bonds is 4. The van der Waals surface area contributed by atoms with Gasteiger partial charge in [0.1, 0.15) is 0 Å². The average molecular weight is 216 g/mol. The van der Waals surface area contributed by atoms with Crippen LogP contribution in [0.5, 0.6) is 0 Å². The third kappa shape index (κ3) is 2.46. The Morgan fingerprint density at radius 2 is 2.06 bits per heavy atom. The van der Waals surface area contributed by atoms with Crippen LogP contribution in [0.4, 0.5) is 0 Å². The first kappa shape index (κ1) is 10.8. The molecule has 0 saturated carbocycles. The van der Waals surface area contributed by atoms with E-state index in [2.05, 4.69) is 14.5 Å². The molecular formula is C12H16N4. The highest BCUT2D eigenvalue weighted by Gasteiger charge is 2.05. The van der Waals surface area contributed by atoms with Crippen LogP contribution in [0.3, 0.4) is 0 Å². The van der Waals surface area contributed by atoms with Crippen LogP contribution in [0, 0.1) is 0 Å². The second kappa shape index (κ2) is 4.90. The number of nitrogens with two attached hydrogens (primary N) is 1. The zero-order valence-electron chi connectivity index (χ0n) is 9.37. The SMILES string of the molecule is C[C@H](N)c1cncn1CCc1ccncc1. The second-order valence-electron chi connectivity index (χ2n) is 3.91. The number of aromatic nitrogens is 3. The molecule has 4 nitrogen and oxygen atoms in total. The summed E-state index contributed by atoms with van der Waals surface area (Å²) in [6.07, 6.45) is 8.27. The van der Waals surface area contributed by atoms with Crippen LogP contribution in [-0.2, 0) is 13.0 Å². The summed E-state index contributed by atoms with van der Waals surface area (Å²) in [7, 11) is 0. The number of hydrogen-bond acceptors (Lipinski definition) is 3. The Labute approximate surface area is 95.1 Å². The van der Waals surface area contributed by atoms with Gasteiger partial charge in [-0.3, -0.25) is 4.98 Å². The van der Waals surface area contributed by atoms with Gasteiger partial charge in [0, 0.05) is 31.2 Å². The van der Waals surface area contributed by atoms with Gasteiger partial charge in [-0.05, 0) is 31.0 Å². The van der Waals surface area contributed by atoms with Gasteiger partial charge in [0.2, 0.25) is 0 Å².